The minimum atomic E-state index is -1.01. The van der Waals surface area contributed by atoms with E-state index < -0.39 is 11.5 Å². The number of carbonyl (C=O) groups is 2. The van der Waals surface area contributed by atoms with Gasteiger partial charge in [0.2, 0.25) is 0 Å². The van der Waals surface area contributed by atoms with E-state index in [0.717, 1.165) is 0 Å². The smallest absolute Gasteiger partial charge is 0.325 e. The van der Waals surface area contributed by atoms with E-state index in [4.69, 9.17) is 35.6 Å². The summed E-state index contributed by atoms with van der Waals surface area (Å²) in [5.74, 6) is 0.341. The second-order valence-corrected chi connectivity index (χ2v) is 11.4. The van der Waals surface area contributed by atoms with Gasteiger partial charge in [-0.1, -0.05) is 11.6 Å². The number of aliphatic carboxylic acids is 1. The van der Waals surface area contributed by atoms with Gasteiger partial charge in [-0.25, -0.2) is 4.68 Å². The van der Waals surface area contributed by atoms with Crippen LogP contribution in [0, 0.1) is 0 Å². The zero-order chi connectivity index (χ0) is 30.5. The summed E-state index contributed by atoms with van der Waals surface area (Å²) in [6, 6.07) is 8.88. The number of methoxy groups -OCH3 is 2. The molecule has 0 radical (unpaired) electrons. The SMILES string of the molecule is COc1cc(Cl)cc(-n2nc(C(=O)N3CCOCC3(C)C)c3c2-c2cc(-c4cnn(CC(=O)O)c4)c(OC)cc2OC3)c1. The molecule has 1 saturated heterocycles. The summed E-state index contributed by atoms with van der Waals surface area (Å²) in [4.78, 5) is 27.2. The maximum absolute atomic E-state index is 14.1. The molecule has 43 heavy (non-hydrogen) atoms. The average molecular weight is 608 g/mol. The molecular weight excluding hydrogens is 578 g/mol. The van der Waals surface area contributed by atoms with E-state index in [1.807, 2.05) is 19.9 Å². The summed E-state index contributed by atoms with van der Waals surface area (Å²) in [5.41, 5.74) is 3.58. The first-order valence-electron chi connectivity index (χ1n) is 13.6. The van der Waals surface area contributed by atoms with Crippen molar-refractivity contribution in [3.05, 3.63) is 59.0 Å². The van der Waals surface area contributed by atoms with Gasteiger partial charge in [-0.05, 0) is 32.0 Å². The lowest BCUT2D eigenvalue weighted by Crippen LogP contribution is -2.55. The van der Waals surface area contributed by atoms with Crippen LogP contribution in [-0.4, -0.2) is 81.0 Å². The topological polar surface area (TPSA) is 130 Å². The van der Waals surface area contributed by atoms with E-state index >= 15 is 0 Å². The standard InChI is InChI=1S/C30H30ClN5O7/c1-30(2)16-42-6-5-35(30)29(39)27-23-15-43-25-11-24(41-4)21(17-12-32-34(13-17)14-26(37)38)10-22(25)28(23)36(33-27)19-7-18(31)8-20(9-19)40-3/h7-13H,5-6,14-16H2,1-4H3,(H,37,38). The first-order chi connectivity index (χ1) is 20.6. The van der Waals surface area contributed by atoms with Crippen molar-refractivity contribution >= 4 is 23.5 Å². The van der Waals surface area contributed by atoms with Crippen LogP contribution < -0.4 is 14.2 Å². The van der Waals surface area contributed by atoms with Crippen molar-refractivity contribution in [1.29, 1.82) is 0 Å². The lowest BCUT2D eigenvalue weighted by molar-refractivity contribution is -0.137. The second kappa shape index (κ2) is 10.9. The number of nitrogens with zero attached hydrogens (tertiary/aromatic N) is 5. The fourth-order valence-electron chi connectivity index (χ4n) is 5.51. The molecule has 0 saturated carbocycles. The Hall–Kier alpha value is -4.55. The van der Waals surface area contributed by atoms with Crippen LogP contribution in [0.25, 0.3) is 28.1 Å². The molecule has 2 aromatic carbocycles. The Bertz CT molecular complexity index is 1740. The van der Waals surface area contributed by atoms with Gasteiger partial charge < -0.3 is 29.0 Å². The number of ether oxygens (including phenoxy) is 4. The molecule has 4 aromatic rings. The van der Waals surface area contributed by atoms with Gasteiger partial charge in [-0.3, -0.25) is 14.3 Å². The predicted octanol–water partition coefficient (Wildman–Crippen LogP) is 4.30. The summed E-state index contributed by atoms with van der Waals surface area (Å²) in [7, 11) is 3.10. The van der Waals surface area contributed by atoms with Gasteiger partial charge in [0.05, 0.1) is 50.6 Å². The number of morpholine rings is 1. The maximum atomic E-state index is 14.1. The Morgan fingerprint density at radius 3 is 2.65 bits per heavy atom. The fourth-order valence-corrected chi connectivity index (χ4v) is 5.73. The molecule has 1 N–H and O–H groups in total. The molecule has 224 valence electrons. The third kappa shape index (κ3) is 5.17. The van der Waals surface area contributed by atoms with Crippen LogP contribution in [0.4, 0.5) is 0 Å². The summed E-state index contributed by atoms with van der Waals surface area (Å²) in [5, 5.41) is 18.7. The minimum Gasteiger partial charge on any atom is -0.497 e. The van der Waals surface area contributed by atoms with Gasteiger partial charge >= 0.3 is 5.97 Å². The highest BCUT2D eigenvalue weighted by Crippen LogP contribution is 2.46. The summed E-state index contributed by atoms with van der Waals surface area (Å²) >= 11 is 6.47. The molecule has 1 fully saturated rings. The van der Waals surface area contributed by atoms with E-state index in [1.165, 1.54) is 4.68 Å². The molecule has 13 heteroatoms. The molecule has 0 bridgehead atoms. The highest BCUT2D eigenvalue weighted by molar-refractivity contribution is 6.30. The van der Waals surface area contributed by atoms with Crippen LogP contribution >= 0.6 is 11.6 Å². The van der Waals surface area contributed by atoms with Crippen LogP contribution in [0.15, 0.2) is 42.7 Å². The summed E-state index contributed by atoms with van der Waals surface area (Å²) < 4.78 is 26.1. The fraction of sp³-hybridized carbons (Fsp3) is 0.333. The molecule has 2 aliphatic rings. The number of hydrogen-bond donors (Lipinski definition) is 1. The molecule has 0 atom stereocenters. The number of hydrogen-bond acceptors (Lipinski definition) is 8. The Morgan fingerprint density at radius 1 is 1.12 bits per heavy atom. The highest BCUT2D eigenvalue weighted by Gasteiger charge is 2.39. The summed E-state index contributed by atoms with van der Waals surface area (Å²) in [6.45, 7) is 5.01. The average Bonchev–Trinajstić information content (AvgIpc) is 3.60. The second-order valence-electron chi connectivity index (χ2n) is 10.9. The number of carboxylic acids is 1. The van der Waals surface area contributed by atoms with Crippen molar-refractivity contribution in [2.24, 2.45) is 0 Å². The van der Waals surface area contributed by atoms with Gasteiger partial charge in [-0.15, -0.1) is 0 Å². The molecule has 0 aliphatic carbocycles. The van der Waals surface area contributed by atoms with Gasteiger partial charge in [-0.2, -0.15) is 10.2 Å². The molecule has 12 nitrogen and oxygen atoms in total. The highest BCUT2D eigenvalue weighted by atomic mass is 35.5. The molecule has 2 aliphatic heterocycles. The zero-order valence-corrected chi connectivity index (χ0v) is 24.8. The zero-order valence-electron chi connectivity index (χ0n) is 24.1. The van der Waals surface area contributed by atoms with Gasteiger partial charge in [0.25, 0.3) is 5.91 Å². The van der Waals surface area contributed by atoms with Crippen LogP contribution in [0.5, 0.6) is 17.2 Å². The van der Waals surface area contributed by atoms with E-state index in [2.05, 4.69) is 5.10 Å². The lowest BCUT2D eigenvalue weighted by atomic mass is 9.96. The van der Waals surface area contributed by atoms with E-state index in [9.17, 15) is 14.7 Å². The Balaban J connectivity index is 1.56. The molecule has 2 aromatic heterocycles. The van der Waals surface area contributed by atoms with Crippen molar-refractivity contribution in [2.75, 3.05) is 34.0 Å². The minimum absolute atomic E-state index is 0.102. The van der Waals surface area contributed by atoms with Gasteiger partial charge in [0.15, 0.2) is 5.69 Å². The molecular formula is C30H30ClN5O7. The molecule has 6 rings (SSSR count). The monoisotopic (exact) mass is 607 g/mol. The largest absolute Gasteiger partial charge is 0.497 e. The van der Waals surface area contributed by atoms with E-state index in [0.29, 0.717) is 75.7 Å². The third-order valence-corrected chi connectivity index (χ3v) is 7.80. The Kier molecular flexibility index (Phi) is 7.26. The Labute approximate surface area is 252 Å². The lowest BCUT2D eigenvalue weighted by Gasteiger charge is -2.41. The van der Waals surface area contributed by atoms with E-state index in [1.54, 1.807) is 60.5 Å². The van der Waals surface area contributed by atoms with Crippen LogP contribution in [0.2, 0.25) is 5.02 Å². The maximum Gasteiger partial charge on any atom is 0.325 e. The first-order valence-corrected chi connectivity index (χ1v) is 13.9. The number of rotatable bonds is 7. The number of amides is 1. The van der Waals surface area contributed by atoms with Crippen molar-refractivity contribution in [3.8, 4) is 45.3 Å². The van der Waals surface area contributed by atoms with Gasteiger partial charge in [0.1, 0.15) is 30.4 Å². The number of aromatic nitrogens is 4. The number of halogens is 1. The van der Waals surface area contributed by atoms with Crippen molar-refractivity contribution in [1.82, 2.24) is 24.5 Å². The first kappa shape index (κ1) is 28.6. The normalized spacial score (nSPS) is 15.3. The van der Waals surface area contributed by atoms with Crippen LogP contribution in [0.1, 0.15) is 29.9 Å². The van der Waals surface area contributed by atoms with Crippen LogP contribution in [-0.2, 0) is 22.7 Å². The quantitative estimate of drug-likeness (QED) is 0.327. The molecule has 0 unspecified atom stereocenters. The van der Waals surface area contributed by atoms with Gasteiger partial charge in [0, 0.05) is 52.2 Å². The number of fused-ring (bicyclic) bond motifs is 3. The van der Waals surface area contributed by atoms with Crippen LogP contribution in [0.3, 0.4) is 0 Å². The molecule has 0 spiro atoms. The molecule has 1 amide bonds. The van der Waals surface area contributed by atoms with Crippen molar-refractivity contribution in [2.45, 2.75) is 32.5 Å². The third-order valence-electron chi connectivity index (χ3n) is 7.58. The Morgan fingerprint density at radius 2 is 1.93 bits per heavy atom. The van der Waals surface area contributed by atoms with E-state index in [-0.39, 0.29) is 24.8 Å². The van der Waals surface area contributed by atoms with Crippen molar-refractivity contribution < 1.29 is 33.6 Å². The number of carbonyl (C=O) groups excluding carboxylic acids is 1. The summed E-state index contributed by atoms with van der Waals surface area (Å²) in [6.07, 6.45) is 3.21. The van der Waals surface area contributed by atoms with Crippen molar-refractivity contribution in [3.63, 3.8) is 0 Å². The number of benzene rings is 2. The molecule has 4 heterocycles. The number of carboxylic acid groups (broad SMARTS) is 1. The predicted molar refractivity (Wildman–Crippen MR) is 156 cm³/mol.